The number of nitrogens with one attached hydrogen (secondary N) is 1. The number of ketones is 1. The van der Waals surface area contributed by atoms with Crippen molar-refractivity contribution in [2.24, 2.45) is 0 Å². The Bertz CT molecular complexity index is 1040. The van der Waals surface area contributed by atoms with Gasteiger partial charge < -0.3 is 10.1 Å². The quantitative estimate of drug-likeness (QED) is 0.736. The number of benzene rings is 2. The van der Waals surface area contributed by atoms with E-state index in [2.05, 4.69) is 34.6 Å². The molecule has 2 aliphatic carbocycles. The van der Waals surface area contributed by atoms with Crippen LogP contribution in [0.3, 0.4) is 0 Å². The molecule has 2 aliphatic rings. The van der Waals surface area contributed by atoms with E-state index in [1.807, 2.05) is 24.3 Å². The monoisotopic (exact) mass is 385 g/mol. The lowest BCUT2D eigenvalue weighted by atomic mass is 9.82. The van der Waals surface area contributed by atoms with Crippen molar-refractivity contribution >= 4 is 11.7 Å². The highest BCUT2D eigenvalue weighted by Crippen LogP contribution is 2.33. The average Bonchev–Trinajstić information content (AvgIpc) is 3.16. The largest absolute Gasteiger partial charge is 0.497 e. The van der Waals surface area contributed by atoms with Crippen molar-refractivity contribution in [3.8, 4) is 5.75 Å². The van der Waals surface area contributed by atoms with Gasteiger partial charge in [0.25, 0.3) is 0 Å². The van der Waals surface area contributed by atoms with Crippen LogP contribution in [0.1, 0.15) is 45.1 Å². The molecule has 5 heteroatoms. The van der Waals surface area contributed by atoms with Gasteiger partial charge in [-0.05, 0) is 54.0 Å². The van der Waals surface area contributed by atoms with Gasteiger partial charge in [0, 0.05) is 18.7 Å². The summed E-state index contributed by atoms with van der Waals surface area (Å²) in [6.45, 7) is 0. The number of nitrogens with zero attached hydrogens (tertiary/aromatic N) is 2. The molecule has 1 aromatic heterocycles. The van der Waals surface area contributed by atoms with Crippen LogP contribution in [0.4, 0.5) is 5.95 Å². The van der Waals surface area contributed by atoms with Crippen LogP contribution in [-0.2, 0) is 19.3 Å². The summed E-state index contributed by atoms with van der Waals surface area (Å²) >= 11 is 0. The van der Waals surface area contributed by atoms with Gasteiger partial charge in [0.1, 0.15) is 5.75 Å². The van der Waals surface area contributed by atoms with Crippen molar-refractivity contribution in [3.05, 3.63) is 82.7 Å². The second-order valence-electron chi connectivity index (χ2n) is 7.87. The molecule has 146 valence electrons. The predicted molar refractivity (Wildman–Crippen MR) is 112 cm³/mol. The molecule has 0 aliphatic heterocycles. The van der Waals surface area contributed by atoms with Crippen molar-refractivity contribution in [1.82, 2.24) is 9.97 Å². The maximum atomic E-state index is 12.7. The van der Waals surface area contributed by atoms with Crippen molar-refractivity contribution in [1.29, 1.82) is 0 Å². The molecule has 3 aromatic rings. The van der Waals surface area contributed by atoms with Crippen molar-refractivity contribution in [2.45, 2.75) is 37.6 Å². The van der Waals surface area contributed by atoms with E-state index in [1.165, 1.54) is 11.1 Å². The van der Waals surface area contributed by atoms with Crippen LogP contribution >= 0.6 is 0 Å². The number of hydrogen-bond acceptors (Lipinski definition) is 5. The van der Waals surface area contributed by atoms with E-state index >= 15 is 0 Å². The minimum Gasteiger partial charge on any atom is -0.497 e. The van der Waals surface area contributed by atoms with Crippen LogP contribution in [0.25, 0.3) is 0 Å². The number of hydrogen-bond donors (Lipinski definition) is 1. The molecule has 0 saturated heterocycles. The maximum Gasteiger partial charge on any atom is 0.223 e. The number of fused-ring (bicyclic) bond motifs is 2. The first-order valence-electron chi connectivity index (χ1n) is 10.1. The molecule has 0 fully saturated rings. The van der Waals surface area contributed by atoms with E-state index in [0.717, 1.165) is 36.3 Å². The van der Waals surface area contributed by atoms with Crippen LogP contribution in [0, 0.1) is 0 Å². The van der Waals surface area contributed by atoms with Crippen LogP contribution in [0.5, 0.6) is 5.75 Å². The van der Waals surface area contributed by atoms with Gasteiger partial charge in [0.15, 0.2) is 5.78 Å². The Labute approximate surface area is 170 Å². The lowest BCUT2D eigenvalue weighted by Gasteiger charge is -2.24. The molecule has 0 saturated carbocycles. The topological polar surface area (TPSA) is 64.1 Å². The first-order chi connectivity index (χ1) is 14.2. The number of carbonyl (C=O) groups excluding carboxylic acids is 1. The van der Waals surface area contributed by atoms with Gasteiger partial charge in [-0.2, -0.15) is 0 Å². The fourth-order valence-corrected chi connectivity index (χ4v) is 4.47. The zero-order valence-corrected chi connectivity index (χ0v) is 16.4. The molecular weight excluding hydrogens is 362 g/mol. The molecule has 0 radical (unpaired) electrons. The molecule has 0 bridgehead atoms. The van der Waals surface area contributed by atoms with Crippen LogP contribution in [-0.4, -0.2) is 28.9 Å². The number of anilines is 1. The summed E-state index contributed by atoms with van der Waals surface area (Å²) in [5.41, 5.74) is 5.42. The molecular formula is C24H23N3O2. The van der Waals surface area contributed by atoms with E-state index in [9.17, 15) is 4.79 Å². The number of aromatic nitrogens is 2. The zero-order valence-electron chi connectivity index (χ0n) is 16.4. The number of methoxy groups -OCH3 is 1. The fourth-order valence-electron chi connectivity index (χ4n) is 4.47. The van der Waals surface area contributed by atoms with Crippen molar-refractivity contribution in [2.75, 3.05) is 12.4 Å². The minimum absolute atomic E-state index is 0.117. The third kappa shape index (κ3) is 3.48. The molecule has 5 nitrogen and oxygen atoms in total. The van der Waals surface area contributed by atoms with Crippen molar-refractivity contribution < 1.29 is 9.53 Å². The summed E-state index contributed by atoms with van der Waals surface area (Å²) in [5.74, 6) is 1.69. The van der Waals surface area contributed by atoms with Crippen LogP contribution in [0.2, 0.25) is 0 Å². The Morgan fingerprint density at radius 1 is 0.966 bits per heavy atom. The fraction of sp³-hybridized carbons (Fsp3) is 0.292. The third-order valence-electron chi connectivity index (χ3n) is 6.01. The third-order valence-corrected chi connectivity index (χ3v) is 6.01. The summed E-state index contributed by atoms with van der Waals surface area (Å²) < 4.78 is 5.24. The van der Waals surface area contributed by atoms with Gasteiger partial charge in [-0.3, -0.25) is 4.79 Å². The zero-order chi connectivity index (χ0) is 19.8. The average molecular weight is 385 g/mol. The number of carbonyl (C=O) groups is 1. The second-order valence-corrected chi connectivity index (χ2v) is 7.87. The molecule has 0 spiro atoms. The standard InChI is InChI=1S/C24H23N3O2/c1-29-20-8-6-15(7-9-20)18-12-22-21(23(28)13-18)14-25-24(27-22)26-19-10-16-4-2-3-5-17(16)11-19/h2-9,14,18-19H,10-13H2,1H3,(H,25,26,27)/t18-/m1/s1. The van der Waals surface area contributed by atoms with Gasteiger partial charge in [0.2, 0.25) is 5.95 Å². The van der Waals surface area contributed by atoms with Gasteiger partial charge in [-0.15, -0.1) is 0 Å². The Morgan fingerprint density at radius 2 is 1.69 bits per heavy atom. The predicted octanol–water partition coefficient (Wildman–Crippen LogP) is 3.98. The normalized spacial score (nSPS) is 18.2. The summed E-state index contributed by atoms with van der Waals surface area (Å²) in [6.07, 6.45) is 4.89. The molecule has 0 amide bonds. The highest BCUT2D eigenvalue weighted by molar-refractivity contribution is 5.98. The first-order valence-corrected chi connectivity index (χ1v) is 10.1. The SMILES string of the molecule is COc1ccc([C@H]2CC(=O)c3cnc(NC4Cc5ccccc5C4)nc3C2)cc1. The van der Waals surface area contributed by atoms with Gasteiger partial charge in [-0.1, -0.05) is 36.4 Å². The van der Waals surface area contributed by atoms with Crippen LogP contribution in [0.15, 0.2) is 54.7 Å². The lowest BCUT2D eigenvalue weighted by Crippen LogP contribution is -2.24. The van der Waals surface area contributed by atoms with E-state index in [1.54, 1.807) is 13.3 Å². The Hall–Kier alpha value is -3.21. The van der Waals surface area contributed by atoms with E-state index in [-0.39, 0.29) is 11.7 Å². The smallest absolute Gasteiger partial charge is 0.223 e. The van der Waals surface area contributed by atoms with Crippen LogP contribution < -0.4 is 10.1 Å². The number of Topliss-reactive ketones (excluding diaryl/α,β-unsaturated/α-hetero) is 1. The van der Waals surface area contributed by atoms with Gasteiger partial charge in [-0.25, -0.2) is 9.97 Å². The molecule has 1 atom stereocenters. The van der Waals surface area contributed by atoms with Crippen molar-refractivity contribution in [3.63, 3.8) is 0 Å². The Morgan fingerprint density at radius 3 is 2.38 bits per heavy atom. The molecule has 5 rings (SSSR count). The maximum absolute atomic E-state index is 12.7. The number of ether oxygens (including phenoxy) is 1. The highest BCUT2D eigenvalue weighted by atomic mass is 16.5. The first kappa shape index (κ1) is 17.9. The van der Waals surface area contributed by atoms with E-state index in [4.69, 9.17) is 9.72 Å². The Balaban J connectivity index is 1.34. The molecule has 1 heterocycles. The molecule has 29 heavy (non-hydrogen) atoms. The molecule has 2 aromatic carbocycles. The van der Waals surface area contributed by atoms with Gasteiger partial charge >= 0.3 is 0 Å². The minimum atomic E-state index is 0.117. The summed E-state index contributed by atoms with van der Waals surface area (Å²) in [7, 11) is 1.66. The Kier molecular flexibility index (Phi) is 4.51. The molecule has 0 unspecified atom stereocenters. The molecule has 1 N–H and O–H groups in total. The summed E-state index contributed by atoms with van der Waals surface area (Å²) in [4.78, 5) is 21.8. The second kappa shape index (κ2) is 7.32. The van der Waals surface area contributed by atoms with E-state index < -0.39 is 0 Å². The summed E-state index contributed by atoms with van der Waals surface area (Å²) in [6, 6.07) is 16.8. The van der Waals surface area contributed by atoms with Gasteiger partial charge in [0.05, 0.1) is 18.4 Å². The summed E-state index contributed by atoms with van der Waals surface area (Å²) in [5, 5.41) is 3.47. The number of rotatable bonds is 4. The van der Waals surface area contributed by atoms with E-state index in [0.29, 0.717) is 24.0 Å². The lowest BCUT2D eigenvalue weighted by molar-refractivity contribution is 0.0962. The highest BCUT2D eigenvalue weighted by Gasteiger charge is 2.29.